The number of hydrogen-bond acceptors (Lipinski definition) is 5. The summed E-state index contributed by atoms with van der Waals surface area (Å²) in [6.45, 7) is 8.18. The number of aromatic nitrogens is 2. The van der Waals surface area contributed by atoms with Crippen LogP contribution in [-0.2, 0) is 9.53 Å². The zero-order chi connectivity index (χ0) is 13.8. The van der Waals surface area contributed by atoms with Crippen LogP contribution in [0.1, 0.15) is 18.3 Å². The Bertz CT molecular complexity index is 438. The van der Waals surface area contributed by atoms with Crippen LogP contribution in [0.4, 0.5) is 5.95 Å². The van der Waals surface area contributed by atoms with Crippen LogP contribution in [0.2, 0.25) is 0 Å². The lowest BCUT2D eigenvalue weighted by atomic mass is 10.2. The number of anilines is 1. The monoisotopic (exact) mass is 264 g/mol. The number of aryl methyl sites for hydroxylation is 2. The predicted molar refractivity (Wildman–Crippen MR) is 72.0 cm³/mol. The Labute approximate surface area is 113 Å². The molecule has 1 amide bonds. The lowest BCUT2D eigenvalue weighted by Gasteiger charge is -2.29. The molecule has 6 heteroatoms. The predicted octanol–water partition coefficient (Wildman–Crippen LogP) is 0.753. The molecule has 1 fully saturated rings. The summed E-state index contributed by atoms with van der Waals surface area (Å²) in [5.74, 6) is 0.567. The minimum atomic E-state index is -0.334. The highest BCUT2D eigenvalue weighted by atomic mass is 16.5. The van der Waals surface area contributed by atoms with Crippen LogP contribution >= 0.6 is 0 Å². The number of ether oxygens (including phenoxy) is 1. The van der Waals surface area contributed by atoms with Gasteiger partial charge in [-0.1, -0.05) is 0 Å². The van der Waals surface area contributed by atoms with Gasteiger partial charge in [0.25, 0.3) is 0 Å². The average molecular weight is 264 g/mol. The number of morpholine rings is 1. The minimum absolute atomic E-state index is 0.0612. The van der Waals surface area contributed by atoms with Crippen molar-refractivity contribution in [2.45, 2.75) is 26.8 Å². The smallest absolute Gasteiger partial charge is 0.245 e. The standard InChI is InChI=1S/C13H20N4O2/c1-9-8-10(2)15-13(14-9)16-11(3)12(18)17-4-6-19-7-5-17/h8,11H,4-7H2,1-3H3,(H,14,15,16). The molecule has 1 aromatic heterocycles. The molecule has 6 nitrogen and oxygen atoms in total. The molecule has 0 aliphatic carbocycles. The molecule has 19 heavy (non-hydrogen) atoms. The van der Waals surface area contributed by atoms with E-state index in [0.717, 1.165) is 11.4 Å². The lowest BCUT2D eigenvalue weighted by Crippen LogP contribution is -2.47. The third-order valence-corrected chi connectivity index (χ3v) is 3.02. The fourth-order valence-electron chi connectivity index (χ4n) is 2.10. The first-order valence-electron chi connectivity index (χ1n) is 6.51. The normalized spacial score (nSPS) is 17.1. The third kappa shape index (κ3) is 3.64. The van der Waals surface area contributed by atoms with Crippen molar-refractivity contribution in [3.63, 3.8) is 0 Å². The van der Waals surface area contributed by atoms with E-state index < -0.39 is 0 Å². The fraction of sp³-hybridized carbons (Fsp3) is 0.615. The molecule has 2 rings (SSSR count). The highest BCUT2D eigenvalue weighted by Gasteiger charge is 2.22. The number of carbonyl (C=O) groups is 1. The van der Waals surface area contributed by atoms with Gasteiger partial charge in [0.1, 0.15) is 6.04 Å². The van der Waals surface area contributed by atoms with Gasteiger partial charge in [-0.25, -0.2) is 9.97 Å². The van der Waals surface area contributed by atoms with Crippen molar-refractivity contribution in [3.8, 4) is 0 Å². The van der Waals surface area contributed by atoms with Gasteiger partial charge in [-0.15, -0.1) is 0 Å². The number of nitrogens with zero attached hydrogens (tertiary/aromatic N) is 3. The van der Waals surface area contributed by atoms with Gasteiger partial charge in [0.15, 0.2) is 0 Å². The van der Waals surface area contributed by atoms with Gasteiger partial charge in [-0.2, -0.15) is 0 Å². The van der Waals surface area contributed by atoms with Crippen LogP contribution in [0.5, 0.6) is 0 Å². The maximum absolute atomic E-state index is 12.2. The van der Waals surface area contributed by atoms with E-state index in [1.807, 2.05) is 31.7 Å². The Kier molecular flexibility index (Phi) is 4.31. The third-order valence-electron chi connectivity index (χ3n) is 3.02. The molecule has 0 bridgehead atoms. The highest BCUT2D eigenvalue weighted by molar-refractivity contribution is 5.83. The van der Waals surface area contributed by atoms with E-state index in [4.69, 9.17) is 4.74 Å². The quantitative estimate of drug-likeness (QED) is 0.872. The highest BCUT2D eigenvalue weighted by Crippen LogP contribution is 2.08. The molecule has 0 saturated carbocycles. The van der Waals surface area contributed by atoms with Gasteiger partial charge in [-0.05, 0) is 26.8 Å². The van der Waals surface area contributed by atoms with E-state index in [9.17, 15) is 4.79 Å². The molecule has 0 spiro atoms. The zero-order valence-electron chi connectivity index (χ0n) is 11.6. The Morgan fingerprint density at radius 1 is 1.32 bits per heavy atom. The fourth-order valence-corrected chi connectivity index (χ4v) is 2.10. The van der Waals surface area contributed by atoms with Gasteiger partial charge in [0.2, 0.25) is 11.9 Å². The van der Waals surface area contributed by atoms with Crippen LogP contribution in [0.25, 0.3) is 0 Å². The van der Waals surface area contributed by atoms with Crippen molar-refractivity contribution in [3.05, 3.63) is 17.5 Å². The Balaban J connectivity index is 1.99. The summed E-state index contributed by atoms with van der Waals surface area (Å²) in [5.41, 5.74) is 1.78. The van der Waals surface area contributed by atoms with E-state index in [2.05, 4.69) is 15.3 Å². The summed E-state index contributed by atoms with van der Waals surface area (Å²) in [4.78, 5) is 22.6. The molecule has 1 N–H and O–H groups in total. The molecule has 1 aliphatic rings. The van der Waals surface area contributed by atoms with Crippen molar-refractivity contribution in [1.29, 1.82) is 0 Å². The first kappa shape index (κ1) is 13.7. The van der Waals surface area contributed by atoms with Crippen molar-refractivity contribution < 1.29 is 9.53 Å². The van der Waals surface area contributed by atoms with Crippen LogP contribution in [0.15, 0.2) is 6.07 Å². The second kappa shape index (κ2) is 5.97. The maximum atomic E-state index is 12.2. The molecule has 0 radical (unpaired) electrons. The average Bonchev–Trinajstić information content (AvgIpc) is 2.37. The van der Waals surface area contributed by atoms with Gasteiger partial charge < -0.3 is 15.0 Å². The van der Waals surface area contributed by atoms with E-state index in [0.29, 0.717) is 32.3 Å². The zero-order valence-corrected chi connectivity index (χ0v) is 11.6. The van der Waals surface area contributed by atoms with Crippen LogP contribution in [-0.4, -0.2) is 53.1 Å². The molecular formula is C13H20N4O2. The molecular weight excluding hydrogens is 244 g/mol. The van der Waals surface area contributed by atoms with Gasteiger partial charge in [-0.3, -0.25) is 4.79 Å². The summed E-state index contributed by atoms with van der Waals surface area (Å²) < 4.78 is 5.24. The van der Waals surface area contributed by atoms with Crippen LogP contribution in [0, 0.1) is 13.8 Å². The first-order chi connectivity index (χ1) is 9.06. The van der Waals surface area contributed by atoms with Crippen molar-refractivity contribution in [1.82, 2.24) is 14.9 Å². The Morgan fingerprint density at radius 3 is 2.47 bits per heavy atom. The largest absolute Gasteiger partial charge is 0.378 e. The molecule has 1 atom stereocenters. The molecule has 2 heterocycles. The summed E-state index contributed by atoms with van der Waals surface area (Å²) in [7, 11) is 0. The second-order valence-corrected chi connectivity index (χ2v) is 4.78. The number of carbonyl (C=O) groups excluding carboxylic acids is 1. The lowest BCUT2D eigenvalue weighted by molar-refractivity contribution is -0.135. The number of hydrogen-bond donors (Lipinski definition) is 1. The minimum Gasteiger partial charge on any atom is -0.378 e. The summed E-state index contributed by atoms with van der Waals surface area (Å²) in [6.07, 6.45) is 0. The molecule has 1 aliphatic heterocycles. The van der Waals surface area contributed by atoms with Gasteiger partial charge in [0, 0.05) is 24.5 Å². The molecule has 1 saturated heterocycles. The Morgan fingerprint density at radius 2 is 1.89 bits per heavy atom. The summed E-state index contributed by atoms with van der Waals surface area (Å²) in [5, 5.41) is 3.07. The molecule has 0 aromatic carbocycles. The molecule has 1 unspecified atom stereocenters. The van der Waals surface area contributed by atoms with E-state index in [1.54, 1.807) is 0 Å². The summed E-state index contributed by atoms with van der Waals surface area (Å²) in [6, 6.07) is 1.57. The van der Waals surface area contributed by atoms with E-state index >= 15 is 0 Å². The van der Waals surface area contributed by atoms with E-state index in [-0.39, 0.29) is 11.9 Å². The van der Waals surface area contributed by atoms with Crippen molar-refractivity contribution in [2.24, 2.45) is 0 Å². The number of amides is 1. The molecule has 1 aromatic rings. The second-order valence-electron chi connectivity index (χ2n) is 4.78. The van der Waals surface area contributed by atoms with E-state index in [1.165, 1.54) is 0 Å². The Hall–Kier alpha value is -1.69. The molecule has 104 valence electrons. The van der Waals surface area contributed by atoms with Crippen LogP contribution < -0.4 is 5.32 Å². The van der Waals surface area contributed by atoms with Gasteiger partial charge >= 0.3 is 0 Å². The SMILES string of the molecule is Cc1cc(C)nc(NC(C)C(=O)N2CCOCC2)n1. The topological polar surface area (TPSA) is 67.4 Å². The number of nitrogens with one attached hydrogen (secondary N) is 1. The maximum Gasteiger partial charge on any atom is 0.245 e. The van der Waals surface area contributed by atoms with Crippen molar-refractivity contribution >= 4 is 11.9 Å². The number of rotatable bonds is 3. The van der Waals surface area contributed by atoms with Crippen LogP contribution in [0.3, 0.4) is 0 Å². The van der Waals surface area contributed by atoms with Gasteiger partial charge in [0.05, 0.1) is 13.2 Å². The first-order valence-corrected chi connectivity index (χ1v) is 6.51. The van der Waals surface area contributed by atoms with Crippen molar-refractivity contribution in [2.75, 3.05) is 31.6 Å². The summed E-state index contributed by atoms with van der Waals surface area (Å²) >= 11 is 0.